The minimum atomic E-state index is -0.273. The number of esters is 1. The van der Waals surface area contributed by atoms with Crippen molar-refractivity contribution in [2.75, 3.05) is 7.11 Å². The van der Waals surface area contributed by atoms with Gasteiger partial charge in [-0.15, -0.1) is 0 Å². The molecule has 2 unspecified atom stereocenters. The molecule has 1 aromatic heterocycles. The maximum absolute atomic E-state index is 11.7. The zero-order valence-corrected chi connectivity index (χ0v) is 11.5. The van der Waals surface area contributed by atoms with Crippen LogP contribution in [0.1, 0.15) is 38.8 Å². The zero-order chi connectivity index (χ0) is 13.5. The summed E-state index contributed by atoms with van der Waals surface area (Å²) in [6.45, 7) is 6.20. The third-order valence-corrected chi connectivity index (χ3v) is 2.83. The van der Waals surface area contributed by atoms with Crippen molar-refractivity contribution >= 4 is 5.97 Å². The number of hydrogen-bond donors (Lipinski definition) is 1. The van der Waals surface area contributed by atoms with Gasteiger partial charge in [-0.05, 0) is 30.9 Å². The quantitative estimate of drug-likeness (QED) is 0.787. The average Bonchev–Trinajstić information content (AvgIpc) is 2.37. The van der Waals surface area contributed by atoms with Crippen molar-refractivity contribution in [2.24, 2.45) is 5.92 Å². The molecule has 0 fully saturated rings. The molecule has 0 saturated heterocycles. The molecule has 0 saturated carbocycles. The number of ether oxygens (including phenoxy) is 1. The number of nitrogens with one attached hydrogen (secondary N) is 1. The third-order valence-electron chi connectivity index (χ3n) is 2.83. The number of nitrogens with zero attached hydrogens (tertiary/aromatic N) is 1. The van der Waals surface area contributed by atoms with Gasteiger partial charge in [0, 0.05) is 18.4 Å². The molecule has 4 heteroatoms. The highest BCUT2D eigenvalue weighted by Gasteiger charge is 2.22. The van der Waals surface area contributed by atoms with E-state index in [-0.39, 0.29) is 18.1 Å². The van der Waals surface area contributed by atoms with Crippen molar-refractivity contribution in [3.63, 3.8) is 0 Å². The van der Waals surface area contributed by atoms with Crippen LogP contribution in [0.2, 0.25) is 0 Å². The van der Waals surface area contributed by atoms with Gasteiger partial charge in [0.25, 0.3) is 0 Å². The molecule has 0 bridgehead atoms. The Morgan fingerprint density at radius 3 is 2.67 bits per heavy atom. The molecule has 0 radical (unpaired) electrons. The minimum absolute atomic E-state index is 0.0709. The van der Waals surface area contributed by atoms with Crippen LogP contribution in [0.25, 0.3) is 0 Å². The van der Waals surface area contributed by atoms with Gasteiger partial charge >= 0.3 is 5.97 Å². The first-order valence-corrected chi connectivity index (χ1v) is 6.28. The third kappa shape index (κ3) is 4.45. The van der Waals surface area contributed by atoms with Crippen LogP contribution in [0.4, 0.5) is 0 Å². The first-order chi connectivity index (χ1) is 8.54. The lowest BCUT2D eigenvalue weighted by molar-refractivity contribution is -0.143. The summed E-state index contributed by atoms with van der Waals surface area (Å²) >= 11 is 0. The van der Waals surface area contributed by atoms with Gasteiger partial charge in [-0.1, -0.05) is 19.9 Å². The summed E-state index contributed by atoms with van der Waals surface area (Å²) in [5, 5.41) is 3.30. The van der Waals surface area contributed by atoms with E-state index in [0.717, 1.165) is 12.0 Å². The SMILES string of the molecule is COC(=O)C(CC(C)C)NC(C)c1cccnc1. The highest BCUT2D eigenvalue weighted by molar-refractivity contribution is 5.75. The number of aromatic nitrogens is 1. The van der Waals surface area contributed by atoms with E-state index in [1.54, 1.807) is 12.4 Å². The van der Waals surface area contributed by atoms with Crippen LogP contribution in [-0.2, 0) is 9.53 Å². The average molecular weight is 250 g/mol. The number of carbonyl (C=O) groups excluding carboxylic acids is 1. The smallest absolute Gasteiger partial charge is 0.322 e. The second-order valence-corrected chi connectivity index (χ2v) is 4.88. The van der Waals surface area contributed by atoms with E-state index in [0.29, 0.717) is 5.92 Å². The molecule has 1 heterocycles. The minimum Gasteiger partial charge on any atom is -0.468 e. The number of pyridine rings is 1. The fourth-order valence-corrected chi connectivity index (χ4v) is 1.88. The molecule has 18 heavy (non-hydrogen) atoms. The van der Waals surface area contributed by atoms with Crippen molar-refractivity contribution in [1.82, 2.24) is 10.3 Å². The Kier molecular flexibility index (Phi) is 5.78. The van der Waals surface area contributed by atoms with Gasteiger partial charge in [-0.2, -0.15) is 0 Å². The first kappa shape index (κ1) is 14.6. The molecule has 4 nitrogen and oxygen atoms in total. The van der Waals surface area contributed by atoms with E-state index < -0.39 is 0 Å². The van der Waals surface area contributed by atoms with Gasteiger partial charge in [-0.25, -0.2) is 0 Å². The maximum atomic E-state index is 11.7. The summed E-state index contributed by atoms with van der Waals surface area (Å²) in [5.41, 5.74) is 1.06. The van der Waals surface area contributed by atoms with E-state index >= 15 is 0 Å². The van der Waals surface area contributed by atoms with Crippen LogP contribution in [0.5, 0.6) is 0 Å². The molecule has 1 rings (SSSR count). The number of hydrogen-bond acceptors (Lipinski definition) is 4. The van der Waals surface area contributed by atoms with E-state index in [9.17, 15) is 4.79 Å². The predicted octanol–water partition coefficient (Wildman–Crippen LogP) is 2.32. The van der Waals surface area contributed by atoms with E-state index in [4.69, 9.17) is 4.74 Å². The second kappa shape index (κ2) is 7.11. The summed E-state index contributed by atoms with van der Waals surface area (Å²) in [5.74, 6) is 0.224. The number of carbonyl (C=O) groups is 1. The molecular formula is C14H22N2O2. The van der Waals surface area contributed by atoms with Crippen LogP contribution in [0, 0.1) is 5.92 Å². The Bertz CT molecular complexity index is 365. The van der Waals surface area contributed by atoms with Crippen LogP contribution < -0.4 is 5.32 Å². The Balaban J connectivity index is 2.68. The fourth-order valence-electron chi connectivity index (χ4n) is 1.88. The van der Waals surface area contributed by atoms with Crippen molar-refractivity contribution in [3.05, 3.63) is 30.1 Å². The molecule has 0 spiro atoms. The van der Waals surface area contributed by atoms with Crippen LogP contribution in [0.3, 0.4) is 0 Å². The van der Waals surface area contributed by atoms with Crippen molar-refractivity contribution in [3.8, 4) is 0 Å². The summed E-state index contributed by atoms with van der Waals surface area (Å²) in [7, 11) is 1.42. The number of methoxy groups -OCH3 is 1. The van der Waals surface area contributed by atoms with Crippen LogP contribution in [0.15, 0.2) is 24.5 Å². The molecule has 100 valence electrons. The fraction of sp³-hybridized carbons (Fsp3) is 0.571. The van der Waals surface area contributed by atoms with E-state index in [1.807, 2.05) is 19.1 Å². The molecule has 2 atom stereocenters. The van der Waals surface area contributed by atoms with E-state index in [1.165, 1.54) is 7.11 Å². The topological polar surface area (TPSA) is 51.2 Å². The molecule has 0 aliphatic heterocycles. The lowest BCUT2D eigenvalue weighted by Gasteiger charge is -2.22. The van der Waals surface area contributed by atoms with E-state index in [2.05, 4.69) is 24.1 Å². The lowest BCUT2D eigenvalue weighted by atomic mass is 10.0. The highest BCUT2D eigenvalue weighted by Crippen LogP contribution is 2.14. The second-order valence-electron chi connectivity index (χ2n) is 4.88. The van der Waals surface area contributed by atoms with Crippen LogP contribution >= 0.6 is 0 Å². The molecule has 0 aliphatic rings. The predicted molar refractivity (Wildman–Crippen MR) is 71.0 cm³/mol. The summed E-state index contributed by atoms with van der Waals surface area (Å²) in [4.78, 5) is 15.8. The van der Waals surface area contributed by atoms with Crippen molar-refractivity contribution in [2.45, 2.75) is 39.3 Å². The van der Waals surface area contributed by atoms with Gasteiger partial charge in [0.15, 0.2) is 0 Å². The largest absolute Gasteiger partial charge is 0.468 e. The monoisotopic (exact) mass is 250 g/mol. The molecular weight excluding hydrogens is 228 g/mol. The maximum Gasteiger partial charge on any atom is 0.322 e. The Morgan fingerprint density at radius 1 is 1.44 bits per heavy atom. The first-order valence-electron chi connectivity index (χ1n) is 6.28. The highest BCUT2D eigenvalue weighted by atomic mass is 16.5. The van der Waals surface area contributed by atoms with Gasteiger partial charge < -0.3 is 4.74 Å². The lowest BCUT2D eigenvalue weighted by Crippen LogP contribution is -2.40. The Morgan fingerprint density at radius 2 is 2.17 bits per heavy atom. The van der Waals surface area contributed by atoms with Gasteiger partial charge in [0.05, 0.1) is 7.11 Å². The summed E-state index contributed by atoms with van der Waals surface area (Å²) < 4.78 is 4.83. The molecule has 0 aliphatic carbocycles. The standard InChI is InChI=1S/C14H22N2O2/c1-10(2)8-13(14(17)18-4)16-11(3)12-6-5-7-15-9-12/h5-7,9-11,13,16H,8H2,1-4H3. The van der Waals surface area contributed by atoms with Gasteiger partial charge in [-0.3, -0.25) is 15.1 Å². The van der Waals surface area contributed by atoms with Crippen LogP contribution in [-0.4, -0.2) is 24.1 Å². The molecule has 1 aromatic rings. The van der Waals surface area contributed by atoms with Gasteiger partial charge in [0.2, 0.25) is 0 Å². The van der Waals surface area contributed by atoms with Gasteiger partial charge in [0.1, 0.15) is 6.04 Å². The normalized spacial score (nSPS) is 14.3. The zero-order valence-electron chi connectivity index (χ0n) is 11.5. The Hall–Kier alpha value is -1.42. The summed E-state index contributed by atoms with van der Waals surface area (Å²) in [6.07, 6.45) is 4.31. The Labute approximate surface area is 109 Å². The van der Waals surface area contributed by atoms with Crippen molar-refractivity contribution < 1.29 is 9.53 Å². The molecule has 1 N–H and O–H groups in total. The van der Waals surface area contributed by atoms with Crippen molar-refractivity contribution in [1.29, 1.82) is 0 Å². The summed E-state index contributed by atoms with van der Waals surface area (Å²) in [6, 6.07) is 3.68. The molecule has 0 amide bonds. The molecule has 0 aromatic carbocycles. The number of rotatable bonds is 6.